The van der Waals surface area contributed by atoms with Crippen molar-refractivity contribution in [1.82, 2.24) is 0 Å². The Morgan fingerprint density at radius 1 is 0.850 bits per heavy atom. The summed E-state index contributed by atoms with van der Waals surface area (Å²) < 4.78 is 0.960. The van der Waals surface area contributed by atoms with E-state index in [9.17, 15) is 5.11 Å². The van der Waals surface area contributed by atoms with Crippen LogP contribution in [0.25, 0.3) is 11.1 Å². The van der Waals surface area contributed by atoms with E-state index >= 15 is 0 Å². The molecule has 1 nitrogen and oxygen atoms in total. The van der Waals surface area contributed by atoms with E-state index < -0.39 is 6.10 Å². The zero-order chi connectivity index (χ0) is 13.9. The first-order valence-corrected chi connectivity index (χ1v) is 7.99. The molecule has 20 heavy (non-hydrogen) atoms. The summed E-state index contributed by atoms with van der Waals surface area (Å²) in [6.45, 7) is 0. The molecule has 1 unspecified atom stereocenters. The average molecular weight is 345 g/mol. The molecule has 0 aliphatic rings. The minimum absolute atomic E-state index is 0.575. The van der Waals surface area contributed by atoms with Gasteiger partial charge in [-0.05, 0) is 44.1 Å². The fraction of sp³-hybridized carbons (Fsp3) is 0.0588. The van der Waals surface area contributed by atoms with Crippen LogP contribution in [0.3, 0.4) is 0 Å². The number of rotatable bonds is 3. The van der Waals surface area contributed by atoms with Gasteiger partial charge in [-0.2, -0.15) is 0 Å². The molecule has 0 saturated heterocycles. The quantitative estimate of drug-likeness (QED) is 0.687. The fourth-order valence-electron chi connectivity index (χ4n) is 2.14. The molecule has 0 aliphatic carbocycles. The Morgan fingerprint density at radius 3 is 2.10 bits per heavy atom. The van der Waals surface area contributed by atoms with E-state index in [2.05, 4.69) is 40.2 Å². The second-order valence-electron chi connectivity index (χ2n) is 4.52. The van der Waals surface area contributed by atoms with Gasteiger partial charge in [-0.25, -0.2) is 0 Å². The molecule has 0 spiro atoms. The first-order valence-electron chi connectivity index (χ1n) is 6.32. The molecule has 0 bridgehead atoms. The van der Waals surface area contributed by atoms with Gasteiger partial charge in [-0.15, -0.1) is 11.3 Å². The average Bonchev–Trinajstić information content (AvgIpc) is 2.94. The first-order chi connectivity index (χ1) is 9.75. The number of aliphatic hydroxyl groups is 1. The second-order valence-corrected chi connectivity index (χ2v) is 6.33. The zero-order valence-corrected chi connectivity index (χ0v) is 13.1. The third-order valence-corrected chi connectivity index (χ3v) is 5.15. The van der Waals surface area contributed by atoms with Crippen LogP contribution in [0.2, 0.25) is 0 Å². The van der Waals surface area contributed by atoms with Gasteiger partial charge in [0, 0.05) is 4.47 Å². The summed E-state index contributed by atoms with van der Waals surface area (Å²) in [5.74, 6) is 0. The monoisotopic (exact) mass is 344 g/mol. The van der Waals surface area contributed by atoms with E-state index in [4.69, 9.17) is 0 Å². The lowest BCUT2D eigenvalue weighted by Gasteiger charge is -2.11. The summed E-state index contributed by atoms with van der Waals surface area (Å²) in [6.07, 6.45) is -0.575. The highest BCUT2D eigenvalue weighted by Crippen LogP contribution is 2.33. The molecule has 0 saturated carbocycles. The number of halogens is 1. The van der Waals surface area contributed by atoms with Crippen molar-refractivity contribution in [1.29, 1.82) is 0 Å². The van der Waals surface area contributed by atoms with Crippen molar-refractivity contribution < 1.29 is 5.11 Å². The maximum atomic E-state index is 10.4. The normalized spacial score (nSPS) is 12.3. The molecule has 1 aromatic heterocycles. The summed E-state index contributed by atoms with van der Waals surface area (Å²) in [5, 5.41) is 12.4. The van der Waals surface area contributed by atoms with Crippen LogP contribution in [0.4, 0.5) is 0 Å². The second kappa shape index (κ2) is 5.92. The highest BCUT2D eigenvalue weighted by Gasteiger charge is 2.14. The van der Waals surface area contributed by atoms with Gasteiger partial charge in [0.25, 0.3) is 0 Å². The maximum Gasteiger partial charge on any atom is 0.114 e. The van der Waals surface area contributed by atoms with E-state index in [1.807, 2.05) is 41.8 Å². The van der Waals surface area contributed by atoms with Crippen LogP contribution in [0, 0.1) is 0 Å². The van der Waals surface area contributed by atoms with Crippen molar-refractivity contribution in [2.45, 2.75) is 6.10 Å². The van der Waals surface area contributed by atoms with Gasteiger partial charge >= 0.3 is 0 Å². The molecule has 2 aromatic carbocycles. The highest BCUT2D eigenvalue weighted by atomic mass is 79.9. The predicted octanol–water partition coefficient (Wildman–Crippen LogP) is 5.26. The van der Waals surface area contributed by atoms with E-state index in [-0.39, 0.29) is 0 Å². The molecule has 3 heteroatoms. The number of thiophene rings is 1. The molecule has 1 atom stereocenters. The molecular formula is C17H13BrOS. The van der Waals surface area contributed by atoms with Gasteiger partial charge in [0.1, 0.15) is 6.10 Å². The molecular weight excluding hydrogens is 332 g/mol. The summed E-state index contributed by atoms with van der Waals surface area (Å²) in [5.41, 5.74) is 3.26. The van der Waals surface area contributed by atoms with Crippen LogP contribution >= 0.6 is 27.3 Å². The lowest BCUT2D eigenvalue weighted by atomic mass is 10.0. The van der Waals surface area contributed by atoms with Crippen molar-refractivity contribution >= 4 is 27.3 Å². The molecule has 3 aromatic rings. The molecule has 0 fully saturated rings. The third kappa shape index (κ3) is 2.70. The van der Waals surface area contributed by atoms with Gasteiger partial charge in [0.05, 0.1) is 4.88 Å². The van der Waals surface area contributed by atoms with Crippen molar-refractivity contribution in [3.8, 4) is 11.1 Å². The van der Waals surface area contributed by atoms with Gasteiger partial charge in [0.15, 0.2) is 0 Å². The number of hydrogen-bond donors (Lipinski definition) is 1. The predicted molar refractivity (Wildman–Crippen MR) is 88.0 cm³/mol. The standard InChI is InChI=1S/C17H13BrOS/c18-15-10-11-20-17(15)16(19)14-8-6-13(7-9-14)12-4-2-1-3-5-12/h1-11,16,19H. The van der Waals surface area contributed by atoms with Gasteiger partial charge in [0.2, 0.25) is 0 Å². The highest BCUT2D eigenvalue weighted by molar-refractivity contribution is 9.10. The first kappa shape index (κ1) is 13.6. The van der Waals surface area contributed by atoms with Crippen LogP contribution in [0.15, 0.2) is 70.5 Å². The minimum Gasteiger partial charge on any atom is -0.383 e. The van der Waals surface area contributed by atoms with Crippen LogP contribution in [0.5, 0.6) is 0 Å². The number of benzene rings is 2. The summed E-state index contributed by atoms with van der Waals surface area (Å²) in [6, 6.07) is 20.3. The SMILES string of the molecule is OC(c1ccc(-c2ccccc2)cc1)c1sccc1Br. The maximum absolute atomic E-state index is 10.4. The van der Waals surface area contributed by atoms with Gasteiger partial charge in [-0.1, -0.05) is 54.6 Å². The molecule has 1 N–H and O–H groups in total. The van der Waals surface area contributed by atoms with Crippen molar-refractivity contribution in [3.63, 3.8) is 0 Å². The smallest absolute Gasteiger partial charge is 0.114 e. The van der Waals surface area contributed by atoms with Crippen LogP contribution in [-0.2, 0) is 0 Å². The Labute approximate surface area is 130 Å². The molecule has 0 amide bonds. The minimum atomic E-state index is -0.575. The Balaban J connectivity index is 1.89. The lowest BCUT2D eigenvalue weighted by molar-refractivity contribution is 0.223. The Bertz CT molecular complexity index is 689. The number of aliphatic hydroxyl groups excluding tert-OH is 1. The van der Waals surface area contributed by atoms with Crippen LogP contribution in [0.1, 0.15) is 16.5 Å². The number of hydrogen-bond acceptors (Lipinski definition) is 2. The molecule has 100 valence electrons. The summed E-state index contributed by atoms with van der Waals surface area (Å²) in [7, 11) is 0. The van der Waals surface area contributed by atoms with Crippen molar-refractivity contribution in [2.24, 2.45) is 0 Å². The molecule has 0 aliphatic heterocycles. The Hall–Kier alpha value is -1.42. The van der Waals surface area contributed by atoms with Gasteiger partial charge < -0.3 is 5.11 Å². The summed E-state index contributed by atoms with van der Waals surface area (Å²) in [4.78, 5) is 0.942. The fourth-order valence-corrected chi connectivity index (χ4v) is 3.74. The topological polar surface area (TPSA) is 20.2 Å². The molecule has 1 heterocycles. The Kier molecular flexibility index (Phi) is 4.01. The van der Waals surface area contributed by atoms with E-state index in [1.54, 1.807) is 11.3 Å². The zero-order valence-electron chi connectivity index (χ0n) is 10.7. The van der Waals surface area contributed by atoms with Crippen LogP contribution in [-0.4, -0.2) is 5.11 Å². The van der Waals surface area contributed by atoms with Gasteiger partial charge in [-0.3, -0.25) is 0 Å². The van der Waals surface area contributed by atoms with E-state index in [0.717, 1.165) is 20.5 Å². The molecule has 0 radical (unpaired) electrons. The van der Waals surface area contributed by atoms with Crippen molar-refractivity contribution in [3.05, 3.63) is 81.0 Å². The Morgan fingerprint density at radius 2 is 1.50 bits per heavy atom. The third-order valence-electron chi connectivity index (χ3n) is 3.23. The molecule has 3 rings (SSSR count). The van der Waals surface area contributed by atoms with E-state index in [1.165, 1.54) is 5.56 Å². The van der Waals surface area contributed by atoms with E-state index in [0.29, 0.717) is 0 Å². The van der Waals surface area contributed by atoms with Crippen LogP contribution < -0.4 is 0 Å². The van der Waals surface area contributed by atoms with Crippen molar-refractivity contribution in [2.75, 3.05) is 0 Å². The lowest BCUT2D eigenvalue weighted by Crippen LogP contribution is -1.97. The summed E-state index contributed by atoms with van der Waals surface area (Å²) >= 11 is 5.02. The largest absolute Gasteiger partial charge is 0.383 e.